The van der Waals surface area contributed by atoms with Gasteiger partial charge in [-0.2, -0.15) is 13.2 Å². The highest BCUT2D eigenvalue weighted by Crippen LogP contribution is 2.31. The molecule has 0 aromatic heterocycles. The molecule has 0 aromatic rings. The number of fused-ring (bicyclic) bond motifs is 1. The van der Waals surface area contributed by atoms with Crippen LogP contribution in [0, 0.1) is 5.92 Å². The fourth-order valence-electron chi connectivity index (χ4n) is 2.97. The second kappa shape index (κ2) is 9.67. The first-order valence-corrected chi connectivity index (χ1v) is 8.94. The molecule has 3 nitrogen and oxygen atoms in total. The number of rotatable bonds is 3. The van der Waals surface area contributed by atoms with Gasteiger partial charge in [0.25, 0.3) is 0 Å². The van der Waals surface area contributed by atoms with Gasteiger partial charge in [-0.1, -0.05) is 30.4 Å². The van der Waals surface area contributed by atoms with E-state index in [0.717, 1.165) is 6.08 Å². The Morgan fingerprint density at radius 2 is 1.93 bits per heavy atom. The Labute approximate surface area is 155 Å². The number of Topliss-reactive ketones (excluding diaryl/α,β-unsaturated/α-hetero) is 1. The van der Waals surface area contributed by atoms with E-state index in [1.165, 1.54) is 18.2 Å². The van der Waals surface area contributed by atoms with E-state index in [9.17, 15) is 27.2 Å². The topological polar surface area (TPSA) is 43.4 Å². The van der Waals surface area contributed by atoms with E-state index >= 15 is 0 Å². The summed E-state index contributed by atoms with van der Waals surface area (Å²) in [7, 11) is 0. The van der Waals surface area contributed by atoms with E-state index in [-0.39, 0.29) is 25.2 Å². The number of hydrogen-bond donors (Lipinski definition) is 0. The molecule has 148 valence electrons. The van der Waals surface area contributed by atoms with Crippen molar-refractivity contribution in [1.82, 2.24) is 0 Å². The van der Waals surface area contributed by atoms with Crippen LogP contribution in [-0.4, -0.2) is 24.0 Å². The summed E-state index contributed by atoms with van der Waals surface area (Å²) in [6.07, 6.45) is 4.98. The lowest BCUT2D eigenvalue weighted by atomic mass is 9.96. The van der Waals surface area contributed by atoms with Crippen LogP contribution >= 0.6 is 0 Å². The average molecular weight is 386 g/mol. The lowest BCUT2D eigenvalue weighted by Gasteiger charge is -2.16. The van der Waals surface area contributed by atoms with Crippen molar-refractivity contribution in [1.29, 1.82) is 0 Å². The standard InChI is InChI=1S/C20H22F4O3/c21-17-13-14-7-3-1-2-4-9-18(25)27-15(10-11-16(14)19(17)26)8-5-6-12-20(22,23)24/h1,3,5-6,11,13-15H,2,4,7-10,12H2/b3-1-,6-5-,16-11+/t14-,15-/m0/s1. The number of carbonyl (C=O) groups excluding carboxylic acids is 2. The average Bonchev–Trinajstić information content (AvgIpc) is 2.85. The van der Waals surface area contributed by atoms with Crippen molar-refractivity contribution < 1.29 is 31.9 Å². The molecule has 0 radical (unpaired) electrons. The lowest BCUT2D eigenvalue weighted by Crippen LogP contribution is -2.17. The van der Waals surface area contributed by atoms with Crippen molar-refractivity contribution in [3.05, 3.63) is 47.9 Å². The van der Waals surface area contributed by atoms with Crippen LogP contribution in [0.3, 0.4) is 0 Å². The van der Waals surface area contributed by atoms with Gasteiger partial charge in [-0.05, 0) is 25.3 Å². The fourth-order valence-corrected chi connectivity index (χ4v) is 2.97. The van der Waals surface area contributed by atoms with Crippen LogP contribution in [0.2, 0.25) is 0 Å². The normalized spacial score (nSPS) is 28.3. The molecule has 2 atom stereocenters. The molecule has 0 saturated heterocycles. The maximum atomic E-state index is 13.7. The first kappa shape index (κ1) is 21.1. The Kier molecular flexibility index (Phi) is 7.56. The molecular weight excluding hydrogens is 364 g/mol. The highest BCUT2D eigenvalue weighted by molar-refractivity contribution is 6.09. The summed E-state index contributed by atoms with van der Waals surface area (Å²) in [4.78, 5) is 23.9. The van der Waals surface area contributed by atoms with Crippen molar-refractivity contribution in [3.8, 4) is 0 Å². The van der Waals surface area contributed by atoms with Gasteiger partial charge in [-0.25, -0.2) is 4.39 Å². The van der Waals surface area contributed by atoms with Gasteiger partial charge in [0.1, 0.15) is 6.10 Å². The maximum Gasteiger partial charge on any atom is 0.392 e. The van der Waals surface area contributed by atoms with E-state index in [2.05, 4.69) is 0 Å². The minimum atomic E-state index is -4.29. The molecule has 1 aliphatic heterocycles. The van der Waals surface area contributed by atoms with E-state index in [1.807, 2.05) is 12.2 Å². The van der Waals surface area contributed by atoms with Gasteiger partial charge in [0, 0.05) is 30.8 Å². The number of halogens is 4. The molecule has 0 unspecified atom stereocenters. The van der Waals surface area contributed by atoms with Crippen LogP contribution in [0.5, 0.6) is 0 Å². The highest BCUT2D eigenvalue weighted by Gasteiger charge is 2.30. The number of esters is 1. The molecule has 1 heterocycles. The summed E-state index contributed by atoms with van der Waals surface area (Å²) in [5, 5.41) is 0. The molecular formula is C20H22F4O3. The Morgan fingerprint density at radius 1 is 1.15 bits per heavy atom. The maximum absolute atomic E-state index is 13.7. The van der Waals surface area contributed by atoms with Crippen LogP contribution in [0.25, 0.3) is 0 Å². The number of alkyl halides is 3. The third kappa shape index (κ3) is 7.15. The van der Waals surface area contributed by atoms with E-state index < -0.39 is 36.3 Å². The third-order valence-electron chi connectivity index (χ3n) is 4.35. The van der Waals surface area contributed by atoms with E-state index in [4.69, 9.17) is 4.74 Å². The number of cyclic esters (lactones) is 1. The van der Waals surface area contributed by atoms with E-state index in [1.54, 1.807) is 0 Å². The minimum Gasteiger partial charge on any atom is -0.462 e. The van der Waals surface area contributed by atoms with Crippen LogP contribution < -0.4 is 0 Å². The second-order valence-electron chi connectivity index (χ2n) is 6.58. The number of hydrogen-bond acceptors (Lipinski definition) is 3. The Balaban J connectivity index is 2.11. The molecule has 2 aliphatic rings. The van der Waals surface area contributed by atoms with Crippen molar-refractivity contribution >= 4 is 11.8 Å². The molecule has 7 heteroatoms. The molecule has 0 spiro atoms. The van der Waals surface area contributed by atoms with Gasteiger partial charge in [-0.3, -0.25) is 9.59 Å². The largest absolute Gasteiger partial charge is 0.462 e. The molecule has 0 aromatic carbocycles. The Bertz CT molecular complexity index is 671. The molecule has 27 heavy (non-hydrogen) atoms. The van der Waals surface area contributed by atoms with Crippen molar-refractivity contribution in [2.75, 3.05) is 0 Å². The van der Waals surface area contributed by atoms with Crippen LogP contribution in [0.4, 0.5) is 17.6 Å². The quantitative estimate of drug-likeness (QED) is 0.376. The van der Waals surface area contributed by atoms with Gasteiger partial charge in [0.05, 0.1) is 6.42 Å². The molecule has 2 rings (SSSR count). The Morgan fingerprint density at radius 3 is 2.67 bits per heavy atom. The van der Waals surface area contributed by atoms with Gasteiger partial charge >= 0.3 is 12.1 Å². The monoisotopic (exact) mass is 386 g/mol. The number of allylic oxidation sites excluding steroid dienone is 6. The fraction of sp³-hybridized carbons (Fsp3) is 0.500. The third-order valence-corrected chi connectivity index (χ3v) is 4.35. The molecule has 0 N–H and O–H groups in total. The summed E-state index contributed by atoms with van der Waals surface area (Å²) in [5.41, 5.74) is 0.303. The summed E-state index contributed by atoms with van der Waals surface area (Å²) < 4.78 is 55.7. The Hall–Kier alpha value is -2.18. The molecule has 1 aliphatic carbocycles. The summed E-state index contributed by atoms with van der Waals surface area (Å²) in [6.45, 7) is 0. The van der Waals surface area contributed by atoms with Crippen LogP contribution in [0.15, 0.2) is 47.9 Å². The van der Waals surface area contributed by atoms with Gasteiger partial charge in [0.15, 0.2) is 5.83 Å². The zero-order valence-corrected chi connectivity index (χ0v) is 14.8. The molecule has 0 saturated carbocycles. The summed E-state index contributed by atoms with van der Waals surface area (Å²) >= 11 is 0. The summed E-state index contributed by atoms with van der Waals surface area (Å²) in [5.74, 6) is -2.29. The minimum absolute atomic E-state index is 0.0959. The van der Waals surface area contributed by atoms with Crippen LogP contribution in [-0.2, 0) is 14.3 Å². The first-order valence-electron chi connectivity index (χ1n) is 8.94. The smallest absolute Gasteiger partial charge is 0.392 e. The van der Waals surface area contributed by atoms with Gasteiger partial charge in [0.2, 0.25) is 5.78 Å². The molecule has 0 amide bonds. The van der Waals surface area contributed by atoms with E-state index in [0.29, 0.717) is 24.8 Å². The van der Waals surface area contributed by atoms with Crippen molar-refractivity contribution in [2.45, 2.75) is 57.2 Å². The van der Waals surface area contributed by atoms with Gasteiger partial charge in [-0.15, -0.1) is 0 Å². The first-order chi connectivity index (χ1) is 12.8. The lowest BCUT2D eigenvalue weighted by molar-refractivity contribution is -0.149. The number of ketones is 1. The highest BCUT2D eigenvalue weighted by atomic mass is 19.4. The predicted molar refractivity (Wildman–Crippen MR) is 92.3 cm³/mol. The number of ether oxygens (including phenoxy) is 1. The zero-order valence-electron chi connectivity index (χ0n) is 14.8. The second-order valence-corrected chi connectivity index (χ2v) is 6.58. The van der Waals surface area contributed by atoms with Gasteiger partial charge < -0.3 is 4.74 Å². The predicted octanol–water partition coefficient (Wildman–Crippen LogP) is 5.30. The molecule has 0 bridgehead atoms. The zero-order chi connectivity index (χ0) is 19.9. The van der Waals surface area contributed by atoms with Crippen LogP contribution in [0.1, 0.15) is 44.9 Å². The van der Waals surface area contributed by atoms with Crippen molar-refractivity contribution in [2.24, 2.45) is 5.92 Å². The summed E-state index contributed by atoms with van der Waals surface area (Å²) in [6, 6.07) is 0. The number of carbonyl (C=O) groups is 2. The van der Waals surface area contributed by atoms with Crippen molar-refractivity contribution in [3.63, 3.8) is 0 Å². The molecule has 0 fully saturated rings. The SMILES string of the molecule is O=C1CCC/C=C\C[C@H]2C=C(F)C(=O)/C2=C/C[C@H](C/C=C\CC(F)(F)F)O1.